The van der Waals surface area contributed by atoms with Crippen molar-refractivity contribution >= 4 is 59.5 Å². The van der Waals surface area contributed by atoms with Crippen LogP contribution in [0.2, 0.25) is 39.3 Å². The largest absolute Gasteiger partial charge is 0.501 e. The van der Waals surface area contributed by atoms with Gasteiger partial charge in [0, 0.05) is 40.1 Å². The van der Waals surface area contributed by atoms with Crippen LogP contribution in [-0.4, -0.2) is 30.7 Å². The van der Waals surface area contributed by atoms with Gasteiger partial charge < -0.3 is 14.0 Å². The Hall–Kier alpha value is -5.18. The standard InChI is InChI=1S/C40H39N2OSi.C14H16NSi.Ir/c1-25(2)32-22-28(27-14-9-8-10-15-27)23-33(26(3)4)38(32)42-36-19-12-11-18-35(36)41-40(42)31-17-13-16-30-34-24-29(44(5,6)7)20-21-37(34)43-39(30)31;1-16(2,3)13-9-10-14(15-11-13)12-7-5-4-6-8-12;/h8-16,18-26H,1-7H3;4-7,9-11H,1-3H3;/q2*-1;/i25D,26D;;. The smallest absolute Gasteiger partial charge is 0.120 e. The Bertz CT molecular complexity index is 3010. The molecule has 311 valence electrons. The summed E-state index contributed by atoms with van der Waals surface area (Å²) in [6.45, 7) is 21.7. The Labute approximate surface area is 380 Å². The molecule has 7 heteroatoms. The van der Waals surface area contributed by atoms with Crippen molar-refractivity contribution in [3.63, 3.8) is 0 Å². The average molecular weight is 1010 g/mol. The second kappa shape index (κ2) is 17.7. The molecule has 9 rings (SSSR count). The molecule has 6 aromatic carbocycles. The van der Waals surface area contributed by atoms with Crippen LogP contribution >= 0.6 is 0 Å². The predicted molar refractivity (Wildman–Crippen MR) is 261 cm³/mol. The molecule has 4 nitrogen and oxygen atoms in total. The number of benzene rings is 6. The molecule has 1 radical (unpaired) electrons. The third-order valence-corrected chi connectivity index (χ3v) is 15.3. The summed E-state index contributed by atoms with van der Waals surface area (Å²) in [6.07, 6.45) is 2.02. The SMILES string of the molecule is C[Si](C)(C)c1ccc(-c2[c-]cccc2)nc1.[2H]C(C)(C)c1cc(-c2ccccc2)cc(C([2H])(C)C)c1-n1c(-c2[c-]ccc3c2oc2ccc([Si](C)(C)C)cc23)nc2ccccc21.[Ir]. The Morgan fingerprint density at radius 2 is 1.30 bits per heavy atom. The summed E-state index contributed by atoms with van der Waals surface area (Å²) in [5.74, 6) is -1.28. The van der Waals surface area contributed by atoms with Crippen molar-refractivity contribution in [2.75, 3.05) is 0 Å². The molecule has 0 saturated heterocycles. The summed E-state index contributed by atoms with van der Waals surface area (Å²) in [5.41, 5.74) is 10.6. The number of aromatic nitrogens is 3. The van der Waals surface area contributed by atoms with Gasteiger partial charge in [0.05, 0.1) is 38.6 Å². The quantitative estimate of drug-likeness (QED) is 0.113. The molecular formula is C54H55IrN3OSi2-2. The van der Waals surface area contributed by atoms with Gasteiger partial charge in [0.2, 0.25) is 0 Å². The van der Waals surface area contributed by atoms with Gasteiger partial charge in [0.25, 0.3) is 0 Å². The van der Waals surface area contributed by atoms with Crippen molar-refractivity contribution in [3.8, 4) is 39.5 Å². The second-order valence-electron chi connectivity index (χ2n) is 18.2. The number of furan rings is 1. The molecule has 61 heavy (non-hydrogen) atoms. The zero-order valence-electron chi connectivity index (χ0n) is 38.9. The molecule has 0 bridgehead atoms. The third kappa shape index (κ3) is 8.94. The molecule has 0 amide bonds. The number of imidazole rings is 1. The molecule has 0 fully saturated rings. The maximum Gasteiger partial charge on any atom is 0.120 e. The zero-order chi connectivity index (χ0) is 44.2. The number of fused-ring (bicyclic) bond motifs is 4. The van der Waals surface area contributed by atoms with Crippen molar-refractivity contribution < 1.29 is 27.3 Å². The van der Waals surface area contributed by atoms with Crippen LogP contribution in [0.1, 0.15) is 53.4 Å². The van der Waals surface area contributed by atoms with Crippen molar-refractivity contribution in [1.29, 1.82) is 0 Å². The molecule has 0 aliphatic heterocycles. The first-order valence-corrected chi connectivity index (χ1v) is 27.8. The van der Waals surface area contributed by atoms with Crippen molar-refractivity contribution in [1.82, 2.24) is 14.5 Å². The van der Waals surface area contributed by atoms with Gasteiger partial charge in [0.1, 0.15) is 5.58 Å². The van der Waals surface area contributed by atoms with Crippen molar-refractivity contribution in [3.05, 3.63) is 163 Å². The van der Waals surface area contributed by atoms with E-state index in [9.17, 15) is 2.74 Å². The summed E-state index contributed by atoms with van der Waals surface area (Å²) >= 11 is 0. The fraction of sp³-hybridized carbons (Fsp3) is 0.222. The number of pyridine rings is 1. The normalized spacial score (nSPS) is 12.8. The van der Waals surface area contributed by atoms with E-state index in [1.54, 1.807) is 0 Å². The Morgan fingerprint density at radius 1 is 0.639 bits per heavy atom. The Morgan fingerprint density at radius 3 is 1.92 bits per heavy atom. The molecule has 3 aromatic heterocycles. The Balaban J connectivity index is 0.000000295. The van der Waals surface area contributed by atoms with E-state index < -0.39 is 27.9 Å². The van der Waals surface area contributed by atoms with Crippen LogP contribution in [0.3, 0.4) is 0 Å². The van der Waals surface area contributed by atoms with Crippen LogP contribution in [0, 0.1) is 12.1 Å². The molecule has 0 spiro atoms. The zero-order valence-corrected chi connectivity index (χ0v) is 41.3. The van der Waals surface area contributed by atoms with Crippen LogP contribution in [0.5, 0.6) is 0 Å². The van der Waals surface area contributed by atoms with Crippen LogP contribution in [-0.2, 0) is 20.1 Å². The van der Waals surface area contributed by atoms with Gasteiger partial charge in [-0.3, -0.25) is 4.98 Å². The molecule has 3 heterocycles. The van der Waals surface area contributed by atoms with Crippen molar-refractivity contribution in [2.24, 2.45) is 0 Å². The second-order valence-corrected chi connectivity index (χ2v) is 28.3. The van der Waals surface area contributed by atoms with E-state index in [0.29, 0.717) is 5.82 Å². The van der Waals surface area contributed by atoms with Gasteiger partial charge in [-0.15, -0.1) is 54.1 Å². The number of hydrogen-bond acceptors (Lipinski definition) is 3. The molecule has 9 aromatic rings. The van der Waals surface area contributed by atoms with Gasteiger partial charge in [-0.2, -0.15) is 0 Å². The first-order chi connectivity index (χ1) is 29.3. The van der Waals surface area contributed by atoms with E-state index in [4.69, 9.17) is 9.40 Å². The van der Waals surface area contributed by atoms with Gasteiger partial charge in [-0.25, -0.2) is 0 Å². The van der Waals surface area contributed by atoms with E-state index in [1.807, 2.05) is 101 Å². The van der Waals surface area contributed by atoms with Crippen molar-refractivity contribution in [2.45, 2.75) is 78.8 Å². The predicted octanol–water partition coefficient (Wildman–Crippen LogP) is 13.9. The minimum absolute atomic E-state index is 0. The van der Waals surface area contributed by atoms with Crippen LogP contribution in [0.15, 0.2) is 144 Å². The molecule has 0 N–H and O–H groups in total. The Kier molecular flexibility index (Phi) is 11.9. The minimum Gasteiger partial charge on any atom is -0.501 e. The fourth-order valence-corrected chi connectivity index (χ4v) is 9.97. The number of hydrogen-bond donors (Lipinski definition) is 0. The minimum atomic E-state index is -1.54. The maximum atomic E-state index is 9.42. The number of nitrogens with zero attached hydrogens (tertiary/aromatic N) is 3. The number of para-hydroxylation sites is 2. The van der Waals surface area contributed by atoms with E-state index in [1.165, 1.54) is 10.4 Å². The van der Waals surface area contributed by atoms with Crippen LogP contribution < -0.4 is 10.4 Å². The molecule has 0 saturated carbocycles. The summed E-state index contributed by atoms with van der Waals surface area (Å²) in [6, 6.07) is 52.1. The van der Waals surface area contributed by atoms with Gasteiger partial charge in [-0.1, -0.05) is 150 Å². The molecular weight excluding hydrogens is 955 g/mol. The summed E-state index contributed by atoms with van der Waals surface area (Å²) in [5, 5.41) is 4.91. The maximum absolute atomic E-state index is 9.42. The van der Waals surface area contributed by atoms with Crippen LogP contribution in [0.25, 0.3) is 72.4 Å². The first kappa shape index (κ1) is 41.2. The topological polar surface area (TPSA) is 43.9 Å². The monoisotopic (exact) mass is 1010 g/mol. The number of rotatable bonds is 8. The summed E-state index contributed by atoms with van der Waals surface area (Å²) in [7, 11) is -2.77. The first-order valence-electron chi connectivity index (χ1n) is 21.8. The fourth-order valence-electron chi connectivity index (χ4n) is 7.78. The van der Waals surface area contributed by atoms with E-state index >= 15 is 0 Å². The van der Waals surface area contributed by atoms with Crippen LogP contribution in [0.4, 0.5) is 0 Å². The molecule has 0 aliphatic rings. The summed E-state index contributed by atoms with van der Waals surface area (Å²) < 4.78 is 27.6. The third-order valence-electron chi connectivity index (χ3n) is 11.2. The van der Waals surface area contributed by atoms with Gasteiger partial charge in [-0.05, 0) is 75.3 Å². The average Bonchev–Trinajstić information content (AvgIpc) is 3.81. The summed E-state index contributed by atoms with van der Waals surface area (Å²) in [4.78, 5) is 9.74. The van der Waals surface area contributed by atoms with E-state index in [-0.39, 0.29) is 20.1 Å². The van der Waals surface area contributed by atoms with E-state index in [0.717, 1.165) is 77.7 Å². The van der Waals surface area contributed by atoms with E-state index in [2.05, 4.69) is 128 Å². The van der Waals surface area contributed by atoms with Gasteiger partial charge in [0.15, 0.2) is 0 Å². The molecule has 0 atom stereocenters. The molecule has 0 aliphatic carbocycles. The van der Waals surface area contributed by atoms with Gasteiger partial charge >= 0.3 is 0 Å². The molecule has 0 unspecified atom stereocenters.